The Hall–Kier alpha value is -6.24. The summed E-state index contributed by atoms with van der Waals surface area (Å²) in [5, 5.41) is 0. The Kier molecular flexibility index (Phi) is 12.4. The second-order valence-electron chi connectivity index (χ2n) is 21.1. The summed E-state index contributed by atoms with van der Waals surface area (Å²) in [6, 6.07) is 48.4. The fourth-order valence-corrected chi connectivity index (χ4v) is 11.9. The molecule has 0 spiro atoms. The monoisotopic (exact) mass is 889 g/mol. The fraction of sp³-hybridized carbons (Fsp3) is 0.294. The lowest BCUT2D eigenvalue weighted by Crippen LogP contribution is -2.18. The highest BCUT2D eigenvalue weighted by Gasteiger charge is 2.34. The van der Waals surface area contributed by atoms with Crippen molar-refractivity contribution < 1.29 is 0 Å². The highest BCUT2D eigenvalue weighted by Crippen LogP contribution is 2.50. The predicted octanol–water partition coefficient (Wildman–Crippen LogP) is 17.7. The first-order valence-corrected chi connectivity index (χ1v) is 25.1. The maximum absolute atomic E-state index is 2.65. The Morgan fingerprint density at radius 1 is 0.176 bits per heavy atom. The third-order valence-electron chi connectivity index (χ3n) is 17.3. The Balaban J connectivity index is 1.54. The maximum Gasteiger partial charge on any atom is 0.0345 e. The molecule has 0 unspecified atom stereocenters. The van der Waals surface area contributed by atoms with Crippen LogP contribution in [0.5, 0.6) is 0 Å². The summed E-state index contributed by atoms with van der Waals surface area (Å²) in [5.41, 5.74) is 38.1. The molecule has 0 atom stereocenters. The molecule has 68 heavy (non-hydrogen) atoms. The number of fused-ring (bicyclic) bond motifs is 8. The van der Waals surface area contributed by atoms with Crippen molar-refractivity contribution in [3.8, 4) is 0 Å². The lowest BCUT2D eigenvalue weighted by atomic mass is 9.69. The van der Waals surface area contributed by atoms with Gasteiger partial charge in [-0.2, -0.15) is 0 Å². The van der Waals surface area contributed by atoms with Crippen molar-refractivity contribution in [1.29, 1.82) is 0 Å². The summed E-state index contributed by atoms with van der Waals surface area (Å²) >= 11 is 0. The molecule has 0 amide bonds. The van der Waals surface area contributed by atoms with Gasteiger partial charge in [0.1, 0.15) is 0 Å². The van der Waals surface area contributed by atoms with E-state index in [1.807, 2.05) is 0 Å². The van der Waals surface area contributed by atoms with Crippen LogP contribution < -0.4 is 0 Å². The second kappa shape index (κ2) is 18.0. The Morgan fingerprint density at radius 3 is 0.441 bits per heavy atom. The summed E-state index contributed by atoms with van der Waals surface area (Å²) in [4.78, 5) is 0. The molecule has 9 rings (SSSR count). The summed E-state index contributed by atoms with van der Waals surface area (Å²) in [7, 11) is 0. The van der Waals surface area contributed by atoms with Gasteiger partial charge in [-0.05, 0) is 244 Å². The summed E-state index contributed by atoms with van der Waals surface area (Å²) < 4.78 is 0. The quantitative estimate of drug-likeness (QED) is 0.165. The Labute approximate surface area is 409 Å². The molecule has 0 radical (unpaired) electrons. The molecule has 1 aliphatic rings. The molecule has 0 saturated heterocycles. The topological polar surface area (TPSA) is 0 Å². The highest BCUT2D eigenvalue weighted by molar-refractivity contribution is 5.66. The lowest BCUT2D eigenvalue weighted by Gasteiger charge is -2.34. The predicted molar refractivity (Wildman–Crippen MR) is 291 cm³/mol. The van der Waals surface area contributed by atoms with E-state index in [9.17, 15) is 0 Å². The van der Waals surface area contributed by atoms with E-state index in [1.54, 1.807) is 0 Å². The number of hydrogen-bond acceptors (Lipinski definition) is 0. The SMILES string of the molecule is Cc1ccc(C2c3cc(c(C)c(C)c3C)C(c3ccc(C)cc3)c3cc(c(C)c(C)c3C)C(c3ccc(C)cc3)c3cc(c(C)c(C)c3C)C(c3ccc(C)cc3)c3cc2c(C)c(C)c3C)cc1. The van der Waals surface area contributed by atoms with Gasteiger partial charge >= 0.3 is 0 Å². The van der Waals surface area contributed by atoms with Crippen LogP contribution >= 0.6 is 0 Å². The van der Waals surface area contributed by atoms with Crippen LogP contribution in [0.15, 0.2) is 121 Å². The third kappa shape index (κ3) is 7.89. The van der Waals surface area contributed by atoms with Gasteiger partial charge in [-0.15, -0.1) is 0 Å². The van der Waals surface area contributed by atoms with Gasteiger partial charge in [-0.1, -0.05) is 144 Å². The van der Waals surface area contributed by atoms with Crippen LogP contribution in [-0.2, 0) is 0 Å². The molecule has 0 aromatic heterocycles. The zero-order valence-corrected chi connectivity index (χ0v) is 43.9. The number of benzene rings is 8. The third-order valence-corrected chi connectivity index (χ3v) is 17.3. The maximum atomic E-state index is 2.65. The highest BCUT2D eigenvalue weighted by atomic mass is 14.4. The normalized spacial score (nSPS) is 16.8. The Morgan fingerprint density at radius 2 is 0.309 bits per heavy atom. The standard InChI is InChI=1S/C68H72/c1-37-17-25-53(26-18-37)65-57-33-59(47(11)41(5)45(57)9)66(54-27-19-38(2)20-28-54)61-35-63(51(15)43(7)49(61)13)68(56-31-23-40(4)24-32-56)64-36-62(50(14)44(8)52(64)16)67(55-29-21-39(3)22-30-55)60-34-58(65)46(10)42(6)48(60)12/h17-36,65-68H,1-16H3. The number of rotatable bonds is 4. The van der Waals surface area contributed by atoms with Gasteiger partial charge in [-0.25, -0.2) is 0 Å². The molecule has 1 aliphatic carbocycles. The molecule has 0 N–H and O–H groups in total. The number of aryl methyl sites for hydroxylation is 4. The molecule has 0 heteroatoms. The van der Waals surface area contributed by atoms with Crippen molar-refractivity contribution in [3.63, 3.8) is 0 Å². The van der Waals surface area contributed by atoms with Gasteiger partial charge in [0, 0.05) is 23.7 Å². The first-order chi connectivity index (χ1) is 32.4. The summed E-state index contributed by atoms with van der Waals surface area (Å²) in [5.74, 6) is 0.0396. The van der Waals surface area contributed by atoms with Crippen LogP contribution in [0.4, 0.5) is 0 Å². The molecule has 8 bridgehead atoms. The van der Waals surface area contributed by atoms with E-state index in [4.69, 9.17) is 0 Å². The first kappa shape index (κ1) is 46.9. The van der Waals surface area contributed by atoms with Crippen molar-refractivity contribution in [3.05, 3.63) is 277 Å². The van der Waals surface area contributed by atoms with Gasteiger partial charge in [-0.3, -0.25) is 0 Å². The van der Waals surface area contributed by atoms with Gasteiger partial charge in [0.2, 0.25) is 0 Å². The zero-order valence-electron chi connectivity index (χ0n) is 43.9. The van der Waals surface area contributed by atoms with Gasteiger partial charge in [0.15, 0.2) is 0 Å². The van der Waals surface area contributed by atoms with E-state index in [0.717, 1.165) is 0 Å². The van der Waals surface area contributed by atoms with Crippen molar-refractivity contribution in [2.45, 2.75) is 134 Å². The zero-order chi connectivity index (χ0) is 48.6. The van der Waals surface area contributed by atoms with E-state index in [-0.39, 0.29) is 23.7 Å². The van der Waals surface area contributed by atoms with E-state index in [0.29, 0.717) is 0 Å². The van der Waals surface area contributed by atoms with Crippen molar-refractivity contribution in [2.75, 3.05) is 0 Å². The molecule has 0 nitrogen and oxygen atoms in total. The van der Waals surface area contributed by atoms with E-state index < -0.39 is 0 Å². The molecule has 8 aromatic carbocycles. The molecule has 0 aliphatic heterocycles. The summed E-state index contributed by atoms with van der Waals surface area (Å²) in [6.45, 7) is 37.5. The van der Waals surface area contributed by atoms with Crippen LogP contribution in [0.2, 0.25) is 0 Å². The molecule has 0 heterocycles. The van der Waals surface area contributed by atoms with Crippen LogP contribution in [-0.4, -0.2) is 0 Å². The van der Waals surface area contributed by atoms with Crippen LogP contribution in [0.1, 0.15) is 179 Å². The van der Waals surface area contributed by atoms with E-state index >= 15 is 0 Å². The average Bonchev–Trinajstić information content (AvgIpc) is 3.32. The molecule has 8 aromatic rings. The molecular formula is C68H72. The van der Waals surface area contributed by atoms with Gasteiger partial charge < -0.3 is 0 Å². The molecule has 344 valence electrons. The Bertz CT molecular complexity index is 2680. The van der Waals surface area contributed by atoms with Gasteiger partial charge in [0.05, 0.1) is 0 Å². The van der Waals surface area contributed by atoms with Crippen LogP contribution in [0, 0.1) is 111 Å². The fourth-order valence-electron chi connectivity index (χ4n) is 11.9. The van der Waals surface area contributed by atoms with Crippen molar-refractivity contribution in [1.82, 2.24) is 0 Å². The van der Waals surface area contributed by atoms with Gasteiger partial charge in [0.25, 0.3) is 0 Å². The van der Waals surface area contributed by atoms with Crippen LogP contribution in [0.25, 0.3) is 0 Å². The minimum atomic E-state index is 0.00989. The van der Waals surface area contributed by atoms with Crippen molar-refractivity contribution >= 4 is 0 Å². The average molecular weight is 889 g/mol. The minimum Gasteiger partial charge on any atom is -0.0590 e. The van der Waals surface area contributed by atoms with Crippen LogP contribution in [0.3, 0.4) is 0 Å². The smallest absolute Gasteiger partial charge is 0.0345 e. The van der Waals surface area contributed by atoms with E-state index in [2.05, 4.69) is 232 Å². The molecule has 0 saturated carbocycles. The lowest BCUT2D eigenvalue weighted by molar-refractivity contribution is 0.860. The first-order valence-electron chi connectivity index (χ1n) is 25.1. The molecular weight excluding hydrogens is 817 g/mol. The summed E-state index contributed by atoms with van der Waals surface area (Å²) in [6.07, 6.45) is 0. The molecule has 0 fully saturated rings. The second-order valence-corrected chi connectivity index (χ2v) is 21.1. The van der Waals surface area contributed by atoms with E-state index in [1.165, 1.54) is 156 Å². The number of hydrogen-bond donors (Lipinski definition) is 0. The van der Waals surface area contributed by atoms with Crippen molar-refractivity contribution in [2.24, 2.45) is 0 Å². The minimum absolute atomic E-state index is 0.00989. The largest absolute Gasteiger partial charge is 0.0590 e.